The van der Waals surface area contributed by atoms with Crippen LogP contribution in [0.15, 0.2) is 12.1 Å². The standard InChI is InChI=1S/C9H14ClNS2/c1-7(12-2)5-11-6-8-3-4-9(10)13-8/h3-4,7,11H,5-6H2,1-2H3. The molecule has 0 saturated heterocycles. The molecule has 4 heteroatoms. The number of rotatable bonds is 5. The van der Waals surface area contributed by atoms with Crippen molar-refractivity contribution in [2.24, 2.45) is 0 Å². The van der Waals surface area contributed by atoms with Gasteiger partial charge in [0.05, 0.1) is 4.34 Å². The summed E-state index contributed by atoms with van der Waals surface area (Å²) in [7, 11) is 0. The summed E-state index contributed by atoms with van der Waals surface area (Å²) in [6, 6.07) is 4.02. The first-order valence-electron chi connectivity index (χ1n) is 4.20. The van der Waals surface area contributed by atoms with Crippen molar-refractivity contribution >= 4 is 34.7 Å². The predicted octanol–water partition coefficient (Wildman–Crippen LogP) is 3.24. The van der Waals surface area contributed by atoms with E-state index in [0.29, 0.717) is 5.25 Å². The minimum atomic E-state index is 0.676. The van der Waals surface area contributed by atoms with E-state index < -0.39 is 0 Å². The zero-order chi connectivity index (χ0) is 9.68. The summed E-state index contributed by atoms with van der Waals surface area (Å²) in [6.45, 7) is 4.21. The number of halogens is 1. The molecule has 1 nitrogen and oxygen atoms in total. The van der Waals surface area contributed by atoms with E-state index >= 15 is 0 Å². The SMILES string of the molecule is CSC(C)CNCc1ccc(Cl)s1. The lowest BCUT2D eigenvalue weighted by atomic mass is 10.4. The van der Waals surface area contributed by atoms with Gasteiger partial charge in [0.15, 0.2) is 0 Å². The molecule has 1 rings (SSSR count). The predicted molar refractivity (Wildman–Crippen MR) is 64.0 cm³/mol. The van der Waals surface area contributed by atoms with Crippen LogP contribution in [0.5, 0.6) is 0 Å². The molecule has 0 radical (unpaired) electrons. The van der Waals surface area contributed by atoms with Gasteiger partial charge in [-0.1, -0.05) is 18.5 Å². The molecule has 0 spiro atoms. The summed E-state index contributed by atoms with van der Waals surface area (Å²) in [5, 5.41) is 4.07. The number of hydrogen-bond acceptors (Lipinski definition) is 3. The van der Waals surface area contributed by atoms with E-state index in [1.54, 1.807) is 11.3 Å². The number of nitrogens with one attached hydrogen (secondary N) is 1. The molecule has 0 aliphatic rings. The van der Waals surface area contributed by atoms with Crippen molar-refractivity contribution in [2.45, 2.75) is 18.7 Å². The van der Waals surface area contributed by atoms with E-state index in [2.05, 4.69) is 24.6 Å². The third-order valence-corrected chi connectivity index (χ3v) is 3.96. The van der Waals surface area contributed by atoms with Crippen LogP contribution in [0.4, 0.5) is 0 Å². The summed E-state index contributed by atoms with van der Waals surface area (Å²) < 4.78 is 0.870. The Hall–Kier alpha value is 0.300. The zero-order valence-electron chi connectivity index (χ0n) is 7.84. The first-order valence-corrected chi connectivity index (χ1v) is 6.68. The quantitative estimate of drug-likeness (QED) is 0.841. The molecule has 1 heterocycles. The summed E-state index contributed by atoms with van der Waals surface area (Å²) in [5.74, 6) is 0. The highest BCUT2D eigenvalue weighted by Crippen LogP contribution is 2.21. The van der Waals surface area contributed by atoms with Crippen LogP contribution in [0.1, 0.15) is 11.8 Å². The smallest absolute Gasteiger partial charge is 0.0931 e. The Kier molecular flexibility index (Phi) is 5.17. The van der Waals surface area contributed by atoms with Crippen molar-refractivity contribution in [2.75, 3.05) is 12.8 Å². The van der Waals surface area contributed by atoms with Crippen LogP contribution in [-0.2, 0) is 6.54 Å². The fraction of sp³-hybridized carbons (Fsp3) is 0.556. The second-order valence-electron chi connectivity index (χ2n) is 2.88. The van der Waals surface area contributed by atoms with E-state index in [9.17, 15) is 0 Å². The number of thiophene rings is 1. The maximum atomic E-state index is 5.82. The molecule has 0 saturated carbocycles. The lowest BCUT2D eigenvalue weighted by Gasteiger charge is -2.08. The van der Waals surface area contributed by atoms with E-state index in [4.69, 9.17) is 11.6 Å². The molecule has 0 amide bonds. The largest absolute Gasteiger partial charge is 0.311 e. The molecule has 13 heavy (non-hydrogen) atoms. The Morgan fingerprint density at radius 3 is 2.92 bits per heavy atom. The van der Waals surface area contributed by atoms with Crippen LogP contribution in [0.2, 0.25) is 4.34 Å². The van der Waals surface area contributed by atoms with Gasteiger partial charge in [-0.05, 0) is 18.4 Å². The van der Waals surface area contributed by atoms with E-state index in [-0.39, 0.29) is 0 Å². The van der Waals surface area contributed by atoms with Crippen molar-refractivity contribution in [3.8, 4) is 0 Å². The molecule has 74 valence electrons. The van der Waals surface area contributed by atoms with Gasteiger partial charge in [0.1, 0.15) is 0 Å². The molecular weight excluding hydrogens is 222 g/mol. The second-order valence-corrected chi connectivity index (χ2v) is 5.96. The van der Waals surface area contributed by atoms with Crippen LogP contribution in [0.25, 0.3) is 0 Å². The van der Waals surface area contributed by atoms with Crippen LogP contribution >= 0.6 is 34.7 Å². The van der Waals surface area contributed by atoms with Gasteiger partial charge < -0.3 is 5.32 Å². The van der Waals surface area contributed by atoms with Gasteiger partial charge in [-0.25, -0.2) is 0 Å². The third kappa shape index (κ3) is 4.36. The third-order valence-electron chi connectivity index (χ3n) is 1.76. The average Bonchev–Trinajstić information content (AvgIpc) is 2.51. The average molecular weight is 236 g/mol. The molecule has 1 atom stereocenters. The van der Waals surface area contributed by atoms with Crippen LogP contribution in [-0.4, -0.2) is 18.1 Å². The minimum absolute atomic E-state index is 0.676. The van der Waals surface area contributed by atoms with Gasteiger partial charge in [0, 0.05) is 23.2 Å². The van der Waals surface area contributed by atoms with E-state index in [1.807, 2.05) is 17.8 Å². The lowest BCUT2D eigenvalue weighted by molar-refractivity contribution is 0.691. The topological polar surface area (TPSA) is 12.0 Å². The molecule has 1 aromatic rings. The molecule has 0 aliphatic heterocycles. The Labute approximate surface area is 92.9 Å². The van der Waals surface area contributed by atoms with Gasteiger partial charge in [0.2, 0.25) is 0 Å². The first-order chi connectivity index (χ1) is 6.22. The lowest BCUT2D eigenvalue weighted by Crippen LogP contribution is -2.21. The molecule has 1 unspecified atom stereocenters. The summed E-state index contributed by atoms with van der Waals surface area (Å²) in [4.78, 5) is 1.30. The molecule has 0 bridgehead atoms. The number of thioether (sulfide) groups is 1. The molecule has 0 aromatic carbocycles. The highest BCUT2D eigenvalue weighted by molar-refractivity contribution is 7.99. The monoisotopic (exact) mass is 235 g/mol. The molecule has 1 aromatic heterocycles. The number of hydrogen-bond donors (Lipinski definition) is 1. The van der Waals surface area contributed by atoms with Gasteiger partial charge >= 0.3 is 0 Å². The van der Waals surface area contributed by atoms with Gasteiger partial charge in [-0.15, -0.1) is 11.3 Å². The zero-order valence-corrected chi connectivity index (χ0v) is 10.2. The summed E-state index contributed by atoms with van der Waals surface area (Å²) in [5.41, 5.74) is 0. The summed E-state index contributed by atoms with van der Waals surface area (Å²) >= 11 is 9.34. The van der Waals surface area contributed by atoms with Crippen molar-refractivity contribution < 1.29 is 0 Å². The van der Waals surface area contributed by atoms with Crippen molar-refractivity contribution in [1.82, 2.24) is 5.32 Å². The molecule has 1 N–H and O–H groups in total. The first kappa shape index (κ1) is 11.4. The minimum Gasteiger partial charge on any atom is -0.311 e. The van der Waals surface area contributed by atoms with Crippen LogP contribution < -0.4 is 5.32 Å². The Bertz CT molecular complexity index is 250. The fourth-order valence-corrected chi connectivity index (χ4v) is 2.27. The van der Waals surface area contributed by atoms with Crippen LogP contribution in [0, 0.1) is 0 Å². The molecule has 0 fully saturated rings. The van der Waals surface area contributed by atoms with Crippen molar-refractivity contribution in [3.05, 3.63) is 21.3 Å². The van der Waals surface area contributed by atoms with Gasteiger partial charge in [-0.3, -0.25) is 0 Å². The summed E-state index contributed by atoms with van der Waals surface area (Å²) in [6.07, 6.45) is 2.13. The maximum absolute atomic E-state index is 5.82. The van der Waals surface area contributed by atoms with Gasteiger partial charge in [-0.2, -0.15) is 11.8 Å². The Morgan fingerprint density at radius 2 is 2.38 bits per heavy atom. The maximum Gasteiger partial charge on any atom is 0.0931 e. The van der Waals surface area contributed by atoms with E-state index in [1.165, 1.54) is 4.88 Å². The normalized spacial score (nSPS) is 13.2. The highest BCUT2D eigenvalue weighted by atomic mass is 35.5. The molecule has 0 aliphatic carbocycles. The Morgan fingerprint density at radius 1 is 1.62 bits per heavy atom. The Balaban J connectivity index is 2.20. The second kappa shape index (κ2) is 5.91. The van der Waals surface area contributed by atoms with E-state index in [0.717, 1.165) is 17.4 Å². The van der Waals surface area contributed by atoms with Crippen LogP contribution in [0.3, 0.4) is 0 Å². The van der Waals surface area contributed by atoms with Gasteiger partial charge in [0.25, 0.3) is 0 Å². The molecular formula is C9H14ClNS2. The fourth-order valence-electron chi connectivity index (χ4n) is 0.929. The van der Waals surface area contributed by atoms with Crippen molar-refractivity contribution in [1.29, 1.82) is 0 Å². The van der Waals surface area contributed by atoms with Crippen molar-refractivity contribution in [3.63, 3.8) is 0 Å². The highest BCUT2D eigenvalue weighted by Gasteiger charge is 2.00.